The van der Waals surface area contributed by atoms with Gasteiger partial charge in [-0.15, -0.1) is 0 Å². The molecule has 3 aromatic rings. The van der Waals surface area contributed by atoms with E-state index in [-0.39, 0.29) is 5.91 Å². The molecule has 0 fully saturated rings. The van der Waals surface area contributed by atoms with Gasteiger partial charge in [-0.25, -0.2) is 4.98 Å². The van der Waals surface area contributed by atoms with Crippen molar-refractivity contribution in [1.29, 1.82) is 0 Å². The Bertz CT molecular complexity index is 950. The number of aromatic nitrogens is 1. The normalized spacial score (nSPS) is 13.1. The van der Waals surface area contributed by atoms with Gasteiger partial charge in [0.05, 0.1) is 11.9 Å². The van der Waals surface area contributed by atoms with Crippen molar-refractivity contribution in [3.8, 4) is 0 Å². The second kappa shape index (κ2) is 7.62. The van der Waals surface area contributed by atoms with Crippen LogP contribution in [0.25, 0.3) is 0 Å². The number of hydrogen-bond acceptors (Lipinski definition) is 3. The van der Waals surface area contributed by atoms with Gasteiger partial charge in [0.2, 0.25) is 0 Å². The summed E-state index contributed by atoms with van der Waals surface area (Å²) in [7, 11) is 0. The zero-order valence-electron chi connectivity index (χ0n) is 15.5. The quantitative estimate of drug-likeness (QED) is 0.742. The van der Waals surface area contributed by atoms with Crippen LogP contribution in [0.3, 0.4) is 0 Å². The van der Waals surface area contributed by atoms with Crippen molar-refractivity contribution in [2.75, 3.05) is 16.8 Å². The minimum atomic E-state index is -0.0346. The third kappa shape index (κ3) is 3.70. The summed E-state index contributed by atoms with van der Waals surface area (Å²) in [4.78, 5) is 19.2. The van der Waals surface area contributed by atoms with Gasteiger partial charge in [0.1, 0.15) is 5.69 Å². The minimum Gasteiger partial charge on any atom is -0.380 e. The fourth-order valence-electron chi connectivity index (χ4n) is 3.51. The van der Waals surface area contributed by atoms with Gasteiger partial charge in [-0.2, -0.15) is 0 Å². The van der Waals surface area contributed by atoms with Crippen molar-refractivity contribution in [3.05, 3.63) is 89.2 Å². The fourth-order valence-corrected chi connectivity index (χ4v) is 3.51. The van der Waals surface area contributed by atoms with Crippen LogP contribution in [0.4, 0.5) is 11.4 Å². The molecule has 4 nitrogen and oxygen atoms in total. The van der Waals surface area contributed by atoms with Gasteiger partial charge in [0.25, 0.3) is 5.91 Å². The van der Waals surface area contributed by atoms with Crippen LogP contribution in [-0.4, -0.2) is 17.4 Å². The van der Waals surface area contributed by atoms with Gasteiger partial charge in [-0.1, -0.05) is 42.5 Å². The van der Waals surface area contributed by atoms with E-state index in [1.165, 1.54) is 16.7 Å². The Morgan fingerprint density at radius 2 is 1.89 bits per heavy atom. The molecule has 0 spiro atoms. The van der Waals surface area contributed by atoms with E-state index < -0.39 is 0 Å². The summed E-state index contributed by atoms with van der Waals surface area (Å²) in [6, 6.07) is 20.2. The summed E-state index contributed by atoms with van der Waals surface area (Å²) >= 11 is 0. The van der Waals surface area contributed by atoms with Gasteiger partial charge >= 0.3 is 0 Å². The lowest BCUT2D eigenvalue weighted by molar-refractivity contribution is 0.0980. The molecule has 136 valence electrons. The molecule has 0 saturated heterocycles. The number of nitrogens with zero attached hydrogens (tertiary/aromatic N) is 2. The highest BCUT2D eigenvalue weighted by Crippen LogP contribution is 2.27. The number of carbonyl (C=O) groups excluding carboxylic acids is 1. The number of fused-ring (bicyclic) bond motifs is 1. The number of pyridine rings is 1. The molecule has 1 N–H and O–H groups in total. The van der Waals surface area contributed by atoms with E-state index in [4.69, 9.17) is 0 Å². The first-order chi connectivity index (χ1) is 13.2. The van der Waals surface area contributed by atoms with E-state index in [2.05, 4.69) is 35.4 Å². The number of nitrogens with one attached hydrogen (secondary N) is 1. The average Bonchev–Trinajstić information content (AvgIpc) is 2.73. The maximum absolute atomic E-state index is 12.9. The van der Waals surface area contributed by atoms with Gasteiger partial charge in [-0.05, 0) is 54.7 Å². The first-order valence-electron chi connectivity index (χ1n) is 9.36. The van der Waals surface area contributed by atoms with Gasteiger partial charge in [0.15, 0.2) is 0 Å². The summed E-state index contributed by atoms with van der Waals surface area (Å²) < 4.78 is 0. The Balaban J connectivity index is 1.46. The molecule has 1 aromatic heterocycles. The van der Waals surface area contributed by atoms with E-state index in [9.17, 15) is 4.79 Å². The monoisotopic (exact) mass is 357 g/mol. The highest BCUT2D eigenvalue weighted by Gasteiger charge is 2.23. The third-order valence-electron chi connectivity index (χ3n) is 5.08. The molecule has 0 atom stereocenters. The maximum Gasteiger partial charge on any atom is 0.276 e. The molecule has 0 aliphatic carbocycles. The zero-order valence-corrected chi connectivity index (χ0v) is 15.5. The van der Waals surface area contributed by atoms with Crippen LogP contribution >= 0.6 is 0 Å². The van der Waals surface area contributed by atoms with Gasteiger partial charge in [-0.3, -0.25) is 4.79 Å². The first kappa shape index (κ1) is 17.3. The van der Waals surface area contributed by atoms with Crippen LogP contribution in [0, 0.1) is 6.92 Å². The SMILES string of the molecule is Cc1ccccc1CNc1ccc(C(=O)N2CCCc3ccccc32)nc1. The number of rotatable bonds is 4. The molecule has 1 aliphatic rings. The molecule has 4 rings (SSSR count). The lowest BCUT2D eigenvalue weighted by Crippen LogP contribution is -2.35. The van der Waals surface area contributed by atoms with Crippen molar-refractivity contribution in [2.45, 2.75) is 26.3 Å². The second-order valence-corrected chi connectivity index (χ2v) is 6.90. The van der Waals surface area contributed by atoms with Gasteiger partial charge < -0.3 is 10.2 Å². The Kier molecular flexibility index (Phi) is 4.88. The van der Waals surface area contributed by atoms with E-state index >= 15 is 0 Å². The molecule has 0 unspecified atom stereocenters. The summed E-state index contributed by atoms with van der Waals surface area (Å²) in [5.41, 5.74) is 6.14. The Hall–Kier alpha value is -3.14. The van der Waals surface area contributed by atoms with Crippen LogP contribution in [0.2, 0.25) is 0 Å². The molecule has 0 radical (unpaired) electrons. The predicted molar refractivity (Wildman–Crippen MR) is 109 cm³/mol. The van der Waals surface area contributed by atoms with Crippen molar-refractivity contribution < 1.29 is 4.79 Å². The number of anilines is 2. The van der Waals surface area contributed by atoms with E-state index in [1.54, 1.807) is 12.3 Å². The highest BCUT2D eigenvalue weighted by molar-refractivity contribution is 6.05. The molecule has 2 aromatic carbocycles. The second-order valence-electron chi connectivity index (χ2n) is 6.90. The van der Waals surface area contributed by atoms with E-state index in [0.717, 1.165) is 37.3 Å². The number of para-hydroxylation sites is 1. The van der Waals surface area contributed by atoms with Crippen molar-refractivity contribution in [1.82, 2.24) is 4.98 Å². The number of benzene rings is 2. The molecule has 0 saturated carbocycles. The smallest absolute Gasteiger partial charge is 0.276 e. The summed E-state index contributed by atoms with van der Waals surface area (Å²) in [5.74, 6) is -0.0346. The number of amides is 1. The third-order valence-corrected chi connectivity index (χ3v) is 5.08. The van der Waals surface area contributed by atoms with Crippen LogP contribution in [0.5, 0.6) is 0 Å². The Morgan fingerprint density at radius 3 is 2.70 bits per heavy atom. The Morgan fingerprint density at radius 1 is 1.07 bits per heavy atom. The zero-order chi connectivity index (χ0) is 18.6. The highest BCUT2D eigenvalue weighted by atomic mass is 16.2. The average molecular weight is 357 g/mol. The molecule has 4 heteroatoms. The standard InChI is InChI=1S/C23H23N3O/c1-17-7-2-3-9-19(17)15-24-20-12-13-21(25-16-20)23(27)26-14-6-10-18-8-4-5-11-22(18)26/h2-5,7-9,11-13,16,24H,6,10,14-15H2,1H3. The van der Waals surface area contributed by atoms with E-state index in [0.29, 0.717) is 5.69 Å². The lowest BCUT2D eigenvalue weighted by Gasteiger charge is -2.29. The summed E-state index contributed by atoms with van der Waals surface area (Å²) in [5, 5.41) is 3.38. The largest absolute Gasteiger partial charge is 0.380 e. The van der Waals surface area contributed by atoms with Crippen LogP contribution in [0.15, 0.2) is 66.9 Å². The predicted octanol–water partition coefficient (Wildman–Crippen LogP) is 4.60. The number of aryl methyl sites for hydroxylation is 2. The Labute approximate surface area is 159 Å². The lowest BCUT2D eigenvalue weighted by atomic mass is 10.0. The van der Waals surface area contributed by atoms with Crippen LogP contribution in [-0.2, 0) is 13.0 Å². The molecule has 1 aliphatic heterocycles. The summed E-state index contributed by atoms with van der Waals surface area (Å²) in [6.45, 7) is 3.58. The molecule has 2 heterocycles. The first-order valence-corrected chi connectivity index (χ1v) is 9.36. The fraction of sp³-hybridized carbons (Fsp3) is 0.217. The van der Waals surface area contributed by atoms with Crippen LogP contribution < -0.4 is 10.2 Å². The molecule has 1 amide bonds. The van der Waals surface area contributed by atoms with E-state index in [1.807, 2.05) is 41.3 Å². The number of carbonyl (C=O) groups is 1. The van der Waals surface area contributed by atoms with Crippen molar-refractivity contribution >= 4 is 17.3 Å². The number of hydrogen-bond donors (Lipinski definition) is 1. The van der Waals surface area contributed by atoms with Crippen molar-refractivity contribution in [2.24, 2.45) is 0 Å². The van der Waals surface area contributed by atoms with Gasteiger partial charge in [0, 0.05) is 18.8 Å². The molecular formula is C23H23N3O. The molecule has 0 bridgehead atoms. The van der Waals surface area contributed by atoms with Crippen LogP contribution in [0.1, 0.15) is 33.6 Å². The topological polar surface area (TPSA) is 45.2 Å². The van der Waals surface area contributed by atoms with Crippen molar-refractivity contribution in [3.63, 3.8) is 0 Å². The maximum atomic E-state index is 12.9. The minimum absolute atomic E-state index is 0.0346. The molecular weight excluding hydrogens is 334 g/mol. The molecule has 27 heavy (non-hydrogen) atoms. The summed E-state index contributed by atoms with van der Waals surface area (Å²) in [6.07, 6.45) is 3.75.